The van der Waals surface area contributed by atoms with Crippen LogP contribution in [-0.4, -0.2) is 146 Å². The van der Waals surface area contributed by atoms with Gasteiger partial charge in [-0.25, -0.2) is 33.3 Å². The number of halogens is 5. The summed E-state index contributed by atoms with van der Waals surface area (Å²) in [6.07, 6.45) is -3.36. The van der Waals surface area contributed by atoms with E-state index < -0.39 is 77.4 Å². The monoisotopic (exact) mass is 1050 g/mol. The average molecular weight is 1050 g/mol. The molecule has 2 aromatic heterocycles. The predicted molar refractivity (Wildman–Crippen MR) is 273 cm³/mol. The van der Waals surface area contributed by atoms with Crippen LogP contribution < -0.4 is 31.9 Å². The fourth-order valence-electron chi connectivity index (χ4n) is 7.09. The van der Waals surface area contributed by atoms with Crippen molar-refractivity contribution in [2.45, 2.75) is 78.5 Å². The normalized spacial score (nSPS) is 15.1. The van der Waals surface area contributed by atoms with Gasteiger partial charge in [0.15, 0.2) is 5.82 Å². The Kier molecular flexibility index (Phi) is 22.0. The van der Waals surface area contributed by atoms with Gasteiger partial charge in [-0.1, -0.05) is 50.3 Å². The molecule has 2 fully saturated rings. The van der Waals surface area contributed by atoms with Gasteiger partial charge in [-0.2, -0.15) is 13.2 Å². The highest BCUT2D eigenvalue weighted by molar-refractivity contribution is 5.86. The van der Waals surface area contributed by atoms with E-state index in [2.05, 4.69) is 105 Å². The summed E-state index contributed by atoms with van der Waals surface area (Å²) in [5.41, 5.74) is 5.09. The Morgan fingerprint density at radius 3 is 1.88 bits per heavy atom. The zero-order valence-corrected chi connectivity index (χ0v) is 42.6. The Balaban J connectivity index is 0.00000123. The number of hydrogen-bond donors (Lipinski definition) is 6. The maximum Gasteiger partial charge on any atom is 0.407 e. The highest BCUT2D eigenvalue weighted by Crippen LogP contribution is 2.40. The number of carbonyl (C=O) groups is 4. The van der Waals surface area contributed by atoms with Gasteiger partial charge in [0, 0.05) is 92.4 Å². The number of alkyl carbamates (subject to hydrolysis) is 2. The maximum absolute atomic E-state index is 14.4. The van der Waals surface area contributed by atoms with E-state index in [1.165, 1.54) is 25.1 Å². The first-order chi connectivity index (χ1) is 34.8. The summed E-state index contributed by atoms with van der Waals surface area (Å²) < 4.78 is 83.0. The molecule has 0 spiro atoms. The van der Waals surface area contributed by atoms with E-state index in [0.29, 0.717) is 6.04 Å². The first-order valence-corrected chi connectivity index (χ1v) is 23.4. The number of benzene rings is 2. The molecule has 4 aromatic rings. The quantitative estimate of drug-likeness (QED) is 0.0644. The van der Waals surface area contributed by atoms with Gasteiger partial charge >= 0.3 is 18.4 Å². The molecule has 18 nitrogen and oxygen atoms in total. The van der Waals surface area contributed by atoms with Crippen LogP contribution in [0, 0.1) is 41.2 Å². The predicted octanol–water partition coefficient (Wildman–Crippen LogP) is 5.84. The second-order valence-electron chi connectivity index (χ2n) is 18.9. The second kappa shape index (κ2) is 27.3. The number of amides is 4. The molecule has 3 atom stereocenters. The third-order valence-corrected chi connectivity index (χ3v) is 11.8. The summed E-state index contributed by atoms with van der Waals surface area (Å²) in [6, 6.07) is 13.9. The SMILES string of the molecule is COC(=O)N[C@H](C(=O)NC[C@@H](O)CNCc1c(F)cc(-c2ncccn2)cc1F)C(C)(C)C(F)(F)F.COC(=O)N[C@H](C(N)=O)C(C)(C)C.Cc1ccc(C#Cc2ccc(N3CCN(C4COC4)CC3)nc2)cc1.[HH].[HH].[HH].[HH]. The number of aryl methyl sites for hydroxylation is 1. The molecule has 4 heterocycles. The van der Waals surface area contributed by atoms with Gasteiger partial charge in [0.1, 0.15) is 29.5 Å². The number of nitrogens with one attached hydrogen (secondary N) is 4. The third-order valence-electron chi connectivity index (χ3n) is 11.8. The van der Waals surface area contributed by atoms with E-state index in [0.717, 1.165) is 89.4 Å². The van der Waals surface area contributed by atoms with Crippen molar-refractivity contribution >= 4 is 29.8 Å². The number of primary amides is 1. The number of aliphatic hydroxyl groups excluding tert-OH is 1. The number of nitrogens with zero attached hydrogens (tertiary/aromatic N) is 5. The number of carbonyl (C=O) groups excluding carboxylic acids is 4. The van der Waals surface area contributed by atoms with E-state index in [9.17, 15) is 46.2 Å². The Morgan fingerprint density at radius 1 is 0.838 bits per heavy atom. The molecular formula is C51H73F5N10O8. The highest BCUT2D eigenvalue weighted by Gasteiger charge is 2.55. The number of alkyl halides is 3. The van der Waals surface area contributed by atoms with E-state index >= 15 is 0 Å². The fraction of sp³-hybridized carbons (Fsp3) is 0.471. The summed E-state index contributed by atoms with van der Waals surface area (Å²) in [5.74, 6) is 4.04. The van der Waals surface area contributed by atoms with E-state index in [1.54, 1.807) is 26.8 Å². The molecule has 7 N–H and O–H groups in total. The first-order valence-electron chi connectivity index (χ1n) is 23.4. The van der Waals surface area contributed by atoms with Gasteiger partial charge in [-0.15, -0.1) is 0 Å². The van der Waals surface area contributed by atoms with Gasteiger partial charge in [-0.3, -0.25) is 14.5 Å². The molecule has 23 heteroatoms. The average Bonchev–Trinajstić information content (AvgIpc) is 3.34. The number of anilines is 1. The molecular weight excluding hydrogens is 976 g/mol. The molecule has 0 aliphatic carbocycles. The van der Waals surface area contributed by atoms with E-state index in [-0.39, 0.29) is 35.7 Å². The van der Waals surface area contributed by atoms with Crippen molar-refractivity contribution in [1.82, 2.24) is 41.1 Å². The molecule has 410 valence electrons. The summed E-state index contributed by atoms with van der Waals surface area (Å²) in [6.45, 7) is 13.9. The molecule has 2 aliphatic heterocycles. The van der Waals surface area contributed by atoms with Crippen molar-refractivity contribution in [3.05, 3.63) is 107 Å². The molecule has 2 saturated heterocycles. The van der Waals surface area contributed by atoms with E-state index in [4.69, 9.17) is 10.5 Å². The lowest BCUT2D eigenvalue weighted by molar-refractivity contribution is -0.220. The topological polar surface area (TPSA) is 235 Å². The van der Waals surface area contributed by atoms with E-state index in [1.807, 2.05) is 11.5 Å². The number of nitrogens with two attached hydrogens (primary N) is 1. The number of methoxy groups -OCH3 is 2. The minimum absolute atomic E-state index is 0. The van der Waals surface area contributed by atoms with Crippen LogP contribution in [-0.2, 0) is 30.3 Å². The van der Waals surface area contributed by atoms with Gasteiger partial charge in [0.2, 0.25) is 11.8 Å². The van der Waals surface area contributed by atoms with Crippen LogP contribution in [0.4, 0.5) is 37.4 Å². The lowest BCUT2D eigenvalue weighted by Gasteiger charge is -2.42. The number of pyridine rings is 1. The number of ether oxygens (including phenoxy) is 3. The largest absolute Gasteiger partial charge is 0.453 e. The smallest absolute Gasteiger partial charge is 0.407 e. The molecule has 0 bridgehead atoms. The minimum Gasteiger partial charge on any atom is -0.453 e. The van der Waals surface area contributed by atoms with Crippen LogP contribution >= 0.6 is 0 Å². The zero-order valence-electron chi connectivity index (χ0n) is 42.6. The lowest BCUT2D eigenvalue weighted by Crippen LogP contribution is -2.60. The molecule has 0 unspecified atom stereocenters. The van der Waals surface area contributed by atoms with Crippen molar-refractivity contribution in [1.29, 1.82) is 0 Å². The summed E-state index contributed by atoms with van der Waals surface area (Å²) in [7, 11) is 2.16. The number of aliphatic hydroxyl groups is 1. The van der Waals surface area contributed by atoms with Crippen LogP contribution in [0.5, 0.6) is 0 Å². The summed E-state index contributed by atoms with van der Waals surface area (Å²) >= 11 is 0. The first kappa shape index (κ1) is 59.6. The standard InChI is InChI=1S/C22H26F5N5O4.C21H23N3O.C8H16N2O3.4H2/c1-21(2,22(25,26)27)17(32-20(35)36-3)19(34)31-10-13(33)9-28-11-14-15(23)7-12(8-16(14)24)18-29-5-4-6-30-18;1-17-2-4-18(5-3-17)6-7-19-8-9-21(22-14-19)24-12-10-23(11-13-24)20-15-25-16-20;1-8(2,3)5(6(9)11)10-7(12)13-4;;;;/h4-8,13,17,28,33H,9-11H2,1-3H3,(H,31,34)(H,32,35);2-5,8-9,14,20H,10-13,15-16H2,1H3;5H,1-4H3,(H2,9,11)(H,10,12);4*1H/t13-,17+;;5-;;;;/m0.1..../s1. The number of aromatic nitrogens is 3. The second-order valence-corrected chi connectivity index (χ2v) is 18.9. The fourth-order valence-corrected chi connectivity index (χ4v) is 7.09. The molecule has 4 amide bonds. The number of hydrogen-bond acceptors (Lipinski definition) is 14. The number of piperazine rings is 1. The Hall–Kier alpha value is -7.00. The zero-order chi connectivity index (χ0) is 54.8. The van der Waals surface area contributed by atoms with Gasteiger partial charge in [-0.05, 0) is 68.7 Å². The molecule has 2 aliphatic rings. The third kappa shape index (κ3) is 17.9. The Labute approximate surface area is 433 Å². The molecule has 0 saturated carbocycles. The lowest BCUT2D eigenvalue weighted by atomic mass is 9.83. The Morgan fingerprint density at radius 2 is 1.39 bits per heavy atom. The molecule has 74 heavy (non-hydrogen) atoms. The maximum atomic E-state index is 14.4. The Bertz CT molecular complexity index is 2530. The van der Waals surface area contributed by atoms with Crippen molar-refractivity contribution in [2.75, 3.05) is 71.6 Å². The van der Waals surface area contributed by atoms with Gasteiger partial charge < -0.3 is 51.2 Å². The van der Waals surface area contributed by atoms with Crippen molar-refractivity contribution in [3.8, 4) is 23.2 Å². The summed E-state index contributed by atoms with van der Waals surface area (Å²) in [5, 5.41) is 19.0. The molecule has 2 aromatic carbocycles. The van der Waals surface area contributed by atoms with Gasteiger partial charge in [0.25, 0.3) is 0 Å². The molecule has 0 radical (unpaired) electrons. The number of rotatable bonds is 14. The van der Waals surface area contributed by atoms with Crippen LogP contribution in [0.3, 0.4) is 0 Å². The van der Waals surface area contributed by atoms with Gasteiger partial charge in [0.05, 0.1) is 45.0 Å². The highest BCUT2D eigenvalue weighted by atomic mass is 19.4. The van der Waals surface area contributed by atoms with Crippen molar-refractivity contribution in [3.63, 3.8) is 0 Å². The van der Waals surface area contributed by atoms with Crippen molar-refractivity contribution < 1.29 is 66.2 Å². The van der Waals surface area contributed by atoms with Crippen LogP contribution in [0.25, 0.3) is 11.4 Å². The molecule has 6 rings (SSSR count). The van der Waals surface area contributed by atoms with Crippen molar-refractivity contribution in [2.24, 2.45) is 16.6 Å². The van der Waals surface area contributed by atoms with Crippen LogP contribution in [0.2, 0.25) is 0 Å². The van der Waals surface area contributed by atoms with Crippen LogP contribution in [0.1, 0.15) is 62.6 Å². The summed E-state index contributed by atoms with van der Waals surface area (Å²) in [4.78, 5) is 63.0. The minimum atomic E-state index is -4.85. The van der Waals surface area contributed by atoms with Crippen LogP contribution in [0.15, 0.2) is 73.2 Å².